The topological polar surface area (TPSA) is 87.9 Å². The van der Waals surface area contributed by atoms with Crippen molar-refractivity contribution in [1.82, 2.24) is 19.8 Å². The van der Waals surface area contributed by atoms with E-state index in [9.17, 15) is 4.79 Å². The van der Waals surface area contributed by atoms with Gasteiger partial charge >= 0.3 is 12.1 Å². The fourth-order valence-corrected chi connectivity index (χ4v) is 7.35. The fraction of sp³-hybridized carbons (Fsp3) is 0.421. The van der Waals surface area contributed by atoms with Gasteiger partial charge in [0.15, 0.2) is 0 Å². The van der Waals surface area contributed by atoms with Gasteiger partial charge in [-0.2, -0.15) is 9.97 Å². The summed E-state index contributed by atoms with van der Waals surface area (Å²) in [6.07, 6.45) is 2.60. The van der Waals surface area contributed by atoms with E-state index in [1.807, 2.05) is 42.5 Å². The van der Waals surface area contributed by atoms with Gasteiger partial charge in [-0.3, -0.25) is 4.90 Å². The number of nitrogens with zero attached hydrogens (tertiary/aromatic N) is 7. The normalized spacial score (nSPS) is 19.4. The number of carbonyl (C=O) groups is 1. The first kappa shape index (κ1) is 32.5. The standard InChI is InChI=1S/C38H43N7O4/c1-39-22-30-23-44(20-21-45(30)38(46)49-25-27-10-5-4-6-11-27)36-31-17-19-43(33-15-7-12-28-13-8-16-34(47-3)35(28)33)24-32(31)40-37(41-36)48-26-29-14-9-18-42(29)2/h4-8,10-13,15-16,29-30H,9,14,17-26H2,2-3H3/t29-,30-/m0/s1. The zero-order chi connectivity index (χ0) is 33.7. The number of rotatable bonds is 9. The van der Waals surface area contributed by atoms with Crippen molar-refractivity contribution in [3.05, 3.63) is 95.0 Å². The molecular formula is C38H43N7O4. The number of likely N-dealkylation sites (N-methyl/N-ethyl adjacent to an activating group) is 1. The van der Waals surface area contributed by atoms with Crippen molar-refractivity contribution in [2.45, 2.75) is 44.5 Å². The maximum absolute atomic E-state index is 13.3. The molecule has 0 radical (unpaired) electrons. The zero-order valence-corrected chi connectivity index (χ0v) is 28.3. The molecule has 3 aromatic carbocycles. The van der Waals surface area contributed by atoms with Crippen LogP contribution in [-0.2, 0) is 24.3 Å². The van der Waals surface area contributed by atoms with Crippen LogP contribution in [0.5, 0.6) is 11.8 Å². The van der Waals surface area contributed by atoms with Crippen molar-refractivity contribution in [2.24, 2.45) is 0 Å². The first-order valence-electron chi connectivity index (χ1n) is 17.1. The molecule has 3 aliphatic rings. The number of amides is 1. The molecule has 1 aromatic heterocycles. The third-order valence-corrected chi connectivity index (χ3v) is 10.0. The average molecular weight is 662 g/mol. The monoisotopic (exact) mass is 661 g/mol. The molecule has 3 aliphatic heterocycles. The fourth-order valence-electron chi connectivity index (χ4n) is 7.35. The van der Waals surface area contributed by atoms with Crippen molar-refractivity contribution in [1.29, 1.82) is 0 Å². The van der Waals surface area contributed by atoms with Gasteiger partial charge in [-0.05, 0) is 55.9 Å². The molecule has 0 aliphatic carbocycles. The molecule has 4 heterocycles. The molecule has 11 heteroatoms. The maximum Gasteiger partial charge on any atom is 0.410 e. The summed E-state index contributed by atoms with van der Waals surface area (Å²) in [7, 11) is 3.85. The lowest BCUT2D eigenvalue weighted by Gasteiger charge is -2.40. The van der Waals surface area contributed by atoms with Gasteiger partial charge in [-0.15, -0.1) is 0 Å². The predicted molar refractivity (Wildman–Crippen MR) is 189 cm³/mol. The minimum atomic E-state index is -0.396. The molecule has 0 N–H and O–H groups in total. The van der Waals surface area contributed by atoms with Crippen LogP contribution in [0.4, 0.5) is 16.3 Å². The maximum atomic E-state index is 13.3. The Kier molecular flexibility index (Phi) is 9.66. The van der Waals surface area contributed by atoms with Gasteiger partial charge < -0.3 is 33.8 Å². The predicted octanol–water partition coefficient (Wildman–Crippen LogP) is 5.42. The summed E-state index contributed by atoms with van der Waals surface area (Å²) in [4.78, 5) is 35.6. The first-order chi connectivity index (χ1) is 24.0. The Morgan fingerprint density at radius 2 is 1.80 bits per heavy atom. The summed E-state index contributed by atoms with van der Waals surface area (Å²) >= 11 is 0. The Balaban J connectivity index is 1.16. The highest BCUT2D eigenvalue weighted by Gasteiger charge is 2.36. The molecule has 4 aromatic rings. The molecule has 0 spiro atoms. The average Bonchev–Trinajstić information content (AvgIpc) is 3.56. The molecule has 1 amide bonds. The number of hydrogen-bond acceptors (Lipinski definition) is 9. The van der Waals surface area contributed by atoms with Crippen LogP contribution in [0.25, 0.3) is 15.6 Å². The van der Waals surface area contributed by atoms with E-state index in [0.29, 0.717) is 44.8 Å². The quantitative estimate of drug-likeness (QED) is 0.218. The van der Waals surface area contributed by atoms with Crippen LogP contribution in [0, 0.1) is 6.57 Å². The number of ether oxygens (including phenoxy) is 3. The van der Waals surface area contributed by atoms with Crippen LogP contribution in [-0.4, -0.2) is 98.0 Å². The Morgan fingerprint density at radius 3 is 2.57 bits per heavy atom. The third-order valence-electron chi connectivity index (χ3n) is 10.0. The van der Waals surface area contributed by atoms with Crippen LogP contribution in [0.1, 0.15) is 29.7 Å². The summed E-state index contributed by atoms with van der Waals surface area (Å²) in [6.45, 7) is 12.5. The van der Waals surface area contributed by atoms with Crippen molar-refractivity contribution < 1.29 is 19.0 Å². The second-order valence-corrected chi connectivity index (χ2v) is 13.0. The number of carbonyl (C=O) groups excluding carboxylic acids is 1. The van der Waals surface area contributed by atoms with Gasteiger partial charge in [-0.1, -0.05) is 54.6 Å². The lowest BCUT2D eigenvalue weighted by atomic mass is 10.0. The first-order valence-corrected chi connectivity index (χ1v) is 17.1. The van der Waals surface area contributed by atoms with Crippen molar-refractivity contribution in [3.63, 3.8) is 0 Å². The molecule has 2 saturated heterocycles. The number of anilines is 2. The lowest BCUT2D eigenvalue weighted by Crippen LogP contribution is -2.57. The summed E-state index contributed by atoms with van der Waals surface area (Å²) in [6, 6.07) is 22.5. The van der Waals surface area contributed by atoms with Gasteiger partial charge in [0.1, 0.15) is 30.8 Å². The molecule has 0 saturated carbocycles. The Labute approximate surface area is 287 Å². The van der Waals surface area contributed by atoms with Crippen molar-refractivity contribution in [2.75, 3.05) is 69.8 Å². The highest BCUT2D eigenvalue weighted by atomic mass is 16.6. The van der Waals surface area contributed by atoms with Crippen LogP contribution in [0.15, 0.2) is 66.7 Å². The molecule has 0 bridgehead atoms. The summed E-state index contributed by atoms with van der Waals surface area (Å²) in [5, 5.41) is 2.21. The number of piperazine rings is 1. The molecule has 254 valence electrons. The summed E-state index contributed by atoms with van der Waals surface area (Å²) in [5.74, 6) is 1.68. The molecule has 7 rings (SSSR count). The van der Waals surface area contributed by atoms with Gasteiger partial charge in [0.05, 0.1) is 19.3 Å². The van der Waals surface area contributed by atoms with Crippen LogP contribution < -0.4 is 19.3 Å². The minimum Gasteiger partial charge on any atom is -0.496 e. The number of fused-ring (bicyclic) bond motifs is 2. The van der Waals surface area contributed by atoms with Crippen LogP contribution in [0.2, 0.25) is 0 Å². The summed E-state index contributed by atoms with van der Waals surface area (Å²) < 4.78 is 17.8. The van der Waals surface area contributed by atoms with E-state index in [2.05, 4.69) is 50.9 Å². The SMILES string of the molecule is [C-]#[N+]C[C@H]1CN(c2nc(OC[C@@H]3CCCN3C)nc3c2CCN(c2cccc4cccc(OC)c24)C3)CCN1C(=O)OCc1ccccc1. The smallest absolute Gasteiger partial charge is 0.410 e. The van der Waals surface area contributed by atoms with Crippen LogP contribution >= 0.6 is 0 Å². The zero-order valence-electron chi connectivity index (χ0n) is 28.3. The lowest BCUT2D eigenvalue weighted by molar-refractivity contribution is 0.0788. The van der Waals surface area contributed by atoms with E-state index >= 15 is 0 Å². The molecule has 2 fully saturated rings. The number of hydrogen-bond donors (Lipinski definition) is 0. The highest BCUT2D eigenvalue weighted by Crippen LogP contribution is 2.38. The van der Waals surface area contributed by atoms with Crippen LogP contribution in [0.3, 0.4) is 0 Å². The van der Waals surface area contributed by atoms with Gasteiger partial charge in [0, 0.05) is 48.9 Å². The number of likely N-dealkylation sites (tertiary alicyclic amines) is 1. The molecule has 2 atom stereocenters. The van der Waals surface area contributed by atoms with Crippen molar-refractivity contribution >= 4 is 28.4 Å². The molecular weight excluding hydrogens is 618 g/mol. The van der Waals surface area contributed by atoms with E-state index in [4.69, 9.17) is 30.8 Å². The second kappa shape index (κ2) is 14.6. The van der Waals surface area contributed by atoms with Gasteiger partial charge in [0.2, 0.25) is 6.54 Å². The molecule has 11 nitrogen and oxygen atoms in total. The highest BCUT2D eigenvalue weighted by molar-refractivity contribution is 5.99. The molecule has 49 heavy (non-hydrogen) atoms. The largest absolute Gasteiger partial charge is 0.496 e. The number of aromatic nitrogens is 2. The number of methoxy groups -OCH3 is 1. The van der Waals surface area contributed by atoms with E-state index in [1.165, 1.54) is 0 Å². The summed E-state index contributed by atoms with van der Waals surface area (Å²) in [5.41, 5.74) is 4.06. The van der Waals surface area contributed by atoms with E-state index < -0.39 is 6.09 Å². The Morgan fingerprint density at radius 1 is 0.959 bits per heavy atom. The minimum absolute atomic E-state index is 0.179. The third kappa shape index (κ3) is 6.92. The van der Waals surface area contributed by atoms with E-state index in [1.54, 1.807) is 12.0 Å². The molecule has 0 unspecified atom stereocenters. The van der Waals surface area contributed by atoms with E-state index in [-0.39, 0.29) is 19.2 Å². The Hall–Kier alpha value is -5.08. The van der Waals surface area contributed by atoms with Gasteiger partial charge in [-0.25, -0.2) is 11.4 Å². The Bertz CT molecular complexity index is 1830. The van der Waals surface area contributed by atoms with E-state index in [0.717, 1.165) is 77.2 Å². The van der Waals surface area contributed by atoms with Crippen molar-refractivity contribution in [3.8, 4) is 11.8 Å². The second-order valence-electron chi connectivity index (χ2n) is 13.0. The number of benzene rings is 3. The van der Waals surface area contributed by atoms with Gasteiger partial charge in [0.25, 0.3) is 0 Å².